The number of nitrogens with zero attached hydrogens (tertiary/aromatic N) is 1. The van der Waals surface area contributed by atoms with Gasteiger partial charge in [0.25, 0.3) is 11.8 Å². The number of anilines is 2. The van der Waals surface area contributed by atoms with Gasteiger partial charge >= 0.3 is 0 Å². The van der Waals surface area contributed by atoms with Crippen molar-refractivity contribution in [3.05, 3.63) is 93.1 Å². The Bertz CT molecular complexity index is 1330. The minimum atomic E-state index is -0.408. The quantitative estimate of drug-likeness (QED) is 0.476. The van der Waals surface area contributed by atoms with E-state index in [1.54, 1.807) is 24.3 Å². The summed E-state index contributed by atoms with van der Waals surface area (Å²) in [6.07, 6.45) is 0. The zero-order valence-corrected chi connectivity index (χ0v) is 20.0. The van der Waals surface area contributed by atoms with Crippen LogP contribution in [0.2, 0.25) is 5.02 Å². The van der Waals surface area contributed by atoms with Gasteiger partial charge in [-0.1, -0.05) is 41.9 Å². The molecule has 0 aromatic heterocycles. The fourth-order valence-corrected chi connectivity index (χ4v) is 4.15. The number of hydrogen-bond donors (Lipinski definition) is 1. The molecule has 2 amide bonds. The van der Waals surface area contributed by atoms with E-state index >= 15 is 0 Å². The largest absolute Gasteiger partial charge is 0.495 e. The van der Waals surface area contributed by atoms with Crippen LogP contribution < -0.4 is 15.0 Å². The molecule has 33 heavy (non-hydrogen) atoms. The van der Waals surface area contributed by atoms with E-state index in [0.29, 0.717) is 33.3 Å². The van der Waals surface area contributed by atoms with Crippen molar-refractivity contribution in [2.75, 3.05) is 17.3 Å². The number of aryl methyl sites for hydroxylation is 3. The summed E-state index contributed by atoms with van der Waals surface area (Å²) >= 11 is 6.29. The van der Waals surface area contributed by atoms with Crippen LogP contribution >= 0.6 is 11.6 Å². The number of nitrogens with one attached hydrogen (secondary N) is 1. The van der Waals surface area contributed by atoms with Crippen molar-refractivity contribution in [3.63, 3.8) is 0 Å². The SMILES string of the molecule is COc1ccc(NC2=C(c3ccc(C)c(C)c3)C(=O)N(c3cccc(C)c3C)C2=O)cc1Cl. The lowest BCUT2D eigenvalue weighted by Crippen LogP contribution is -2.33. The molecule has 3 aromatic carbocycles. The first kappa shape index (κ1) is 22.6. The Balaban J connectivity index is 1.86. The number of carbonyl (C=O) groups excluding carboxylic acids is 2. The van der Waals surface area contributed by atoms with Crippen LogP contribution in [0.15, 0.2) is 60.3 Å². The summed E-state index contributed by atoms with van der Waals surface area (Å²) in [4.78, 5) is 28.6. The van der Waals surface area contributed by atoms with Gasteiger partial charge in [-0.2, -0.15) is 0 Å². The van der Waals surface area contributed by atoms with Gasteiger partial charge in [0.05, 0.1) is 23.4 Å². The van der Waals surface area contributed by atoms with E-state index in [2.05, 4.69) is 5.32 Å². The van der Waals surface area contributed by atoms with Crippen molar-refractivity contribution >= 4 is 40.4 Å². The number of carbonyl (C=O) groups is 2. The highest BCUT2D eigenvalue weighted by Gasteiger charge is 2.41. The molecule has 0 aliphatic carbocycles. The second-order valence-electron chi connectivity index (χ2n) is 8.19. The molecule has 4 rings (SSSR count). The third-order valence-corrected chi connectivity index (χ3v) is 6.41. The zero-order chi connectivity index (χ0) is 23.9. The number of imide groups is 1. The third-order valence-electron chi connectivity index (χ3n) is 6.12. The molecule has 3 aromatic rings. The first-order valence-corrected chi connectivity index (χ1v) is 11.0. The molecule has 0 atom stereocenters. The predicted molar refractivity (Wildman–Crippen MR) is 133 cm³/mol. The molecule has 5 nitrogen and oxygen atoms in total. The molecular formula is C27H25ClN2O3. The second kappa shape index (κ2) is 8.75. The van der Waals surface area contributed by atoms with Crippen LogP contribution in [0.4, 0.5) is 11.4 Å². The number of methoxy groups -OCH3 is 1. The van der Waals surface area contributed by atoms with Crippen molar-refractivity contribution < 1.29 is 14.3 Å². The van der Waals surface area contributed by atoms with E-state index in [0.717, 1.165) is 22.3 Å². The predicted octanol–water partition coefficient (Wildman–Crippen LogP) is 5.98. The minimum Gasteiger partial charge on any atom is -0.495 e. The van der Waals surface area contributed by atoms with Gasteiger partial charge in [-0.25, -0.2) is 4.90 Å². The molecule has 0 spiro atoms. The smallest absolute Gasteiger partial charge is 0.282 e. The summed E-state index contributed by atoms with van der Waals surface area (Å²) < 4.78 is 5.22. The normalized spacial score (nSPS) is 13.7. The first-order valence-electron chi connectivity index (χ1n) is 10.6. The highest BCUT2D eigenvalue weighted by atomic mass is 35.5. The van der Waals surface area contributed by atoms with Crippen LogP contribution in [0.5, 0.6) is 5.75 Å². The first-order chi connectivity index (χ1) is 15.7. The molecule has 0 bridgehead atoms. The number of rotatable bonds is 5. The Morgan fingerprint density at radius 2 is 1.61 bits per heavy atom. The molecule has 0 saturated carbocycles. The third kappa shape index (κ3) is 4.00. The monoisotopic (exact) mass is 460 g/mol. The van der Waals surface area contributed by atoms with Crippen LogP contribution in [-0.2, 0) is 9.59 Å². The van der Waals surface area contributed by atoms with Gasteiger partial charge in [0.1, 0.15) is 11.4 Å². The van der Waals surface area contributed by atoms with Crippen LogP contribution in [0.3, 0.4) is 0 Å². The summed E-state index contributed by atoms with van der Waals surface area (Å²) in [6, 6.07) is 16.5. The summed E-state index contributed by atoms with van der Waals surface area (Å²) in [5.41, 5.74) is 6.43. The Morgan fingerprint density at radius 1 is 0.848 bits per heavy atom. The van der Waals surface area contributed by atoms with Gasteiger partial charge in [0, 0.05) is 5.69 Å². The number of benzene rings is 3. The molecule has 1 heterocycles. The standard InChI is InChI=1S/C27H25ClN2O3/c1-15-9-10-19(13-17(15)3)24-25(29-20-11-12-23(33-5)21(28)14-20)27(32)30(26(24)31)22-8-6-7-16(2)18(22)4/h6-14,29H,1-5H3. The summed E-state index contributed by atoms with van der Waals surface area (Å²) in [7, 11) is 1.54. The van der Waals surface area contributed by atoms with Gasteiger partial charge < -0.3 is 10.1 Å². The van der Waals surface area contributed by atoms with E-state index in [1.807, 2.05) is 58.0 Å². The van der Waals surface area contributed by atoms with Crippen LogP contribution in [0.25, 0.3) is 5.57 Å². The van der Waals surface area contributed by atoms with E-state index < -0.39 is 5.91 Å². The maximum atomic E-state index is 13.7. The fraction of sp³-hybridized carbons (Fsp3) is 0.185. The van der Waals surface area contributed by atoms with Gasteiger partial charge in [0.15, 0.2) is 0 Å². The van der Waals surface area contributed by atoms with Crippen molar-refractivity contribution in [3.8, 4) is 5.75 Å². The topological polar surface area (TPSA) is 58.6 Å². The number of hydrogen-bond acceptors (Lipinski definition) is 4. The lowest BCUT2D eigenvalue weighted by Gasteiger charge is -2.19. The van der Waals surface area contributed by atoms with E-state index in [-0.39, 0.29) is 11.6 Å². The van der Waals surface area contributed by atoms with Crippen LogP contribution in [0, 0.1) is 27.7 Å². The Hall–Kier alpha value is -3.57. The summed E-state index contributed by atoms with van der Waals surface area (Å²) in [5, 5.41) is 3.56. The van der Waals surface area contributed by atoms with Gasteiger partial charge in [0.2, 0.25) is 0 Å². The molecule has 0 radical (unpaired) electrons. The molecular weight excluding hydrogens is 436 g/mol. The second-order valence-corrected chi connectivity index (χ2v) is 8.60. The molecule has 1 aliphatic rings. The van der Waals surface area contributed by atoms with Crippen LogP contribution in [0.1, 0.15) is 27.8 Å². The minimum absolute atomic E-state index is 0.213. The van der Waals surface area contributed by atoms with E-state index in [9.17, 15) is 9.59 Å². The summed E-state index contributed by atoms with van der Waals surface area (Å²) in [5.74, 6) is -0.246. The molecule has 0 unspecified atom stereocenters. The van der Waals surface area contributed by atoms with E-state index in [4.69, 9.17) is 16.3 Å². The van der Waals surface area contributed by atoms with Gasteiger partial charge in [-0.05, 0) is 79.8 Å². The average Bonchev–Trinajstić information content (AvgIpc) is 3.02. The van der Waals surface area contributed by atoms with Crippen molar-refractivity contribution in [2.24, 2.45) is 0 Å². The fourth-order valence-electron chi connectivity index (χ4n) is 3.90. The maximum Gasteiger partial charge on any atom is 0.282 e. The molecule has 168 valence electrons. The lowest BCUT2D eigenvalue weighted by molar-refractivity contribution is -0.120. The molecule has 1 aliphatic heterocycles. The molecule has 1 N–H and O–H groups in total. The summed E-state index contributed by atoms with van der Waals surface area (Å²) in [6.45, 7) is 7.87. The lowest BCUT2D eigenvalue weighted by atomic mass is 9.99. The molecule has 6 heteroatoms. The Labute approximate surface area is 198 Å². The van der Waals surface area contributed by atoms with Crippen molar-refractivity contribution in [1.29, 1.82) is 0 Å². The van der Waals surface area contributed by atoms with Crippen molar-refractivity contribution in [1.82, 2.24) is 0 Å². The Morgan fingerprint density at radius 3 is 2.27 bits per heavy atom. The number of halogens is 1. The molecule has 0 fully saturated rings. The highest BCUT2D eigenvalue weighted by Crippen LogP contribution is 2.37. The van der Waals surface area contributed by atoms with Gasteiger partial charge in [-0.15, -0.1) is 0 Å². The Kier molecular flexibility index (Phi) is 6.00. The molecule has 0 saturated heterocycles. The van der Waals surface area contributed by atoms with Crippen molar-refractivity contribution in [2.45, 2.75) is 27.7 Å². The number of amides is 2. The van der Waals surface area contributed by atoms with Gasteiger partial charge in [-0.3, -0.25) is 9.59 Å². The zero-order valence-electron chi connectivity index (χ0n) is 19.2. The average molecular weight is 461 g/mol. The number of ether oxygens (including phenoxy) is 1. The van der Waals surface area contributed by atoms with Crippen LogP contribution in [-0.4, -0.2) is 18.9 Å². The highest BCUT2D eigenvalue weighted by molar-refractivity contribution is 6.46. The maximum absolute atomic E-state index is 13.7. The van der Waals surface area contributed by atoms with E-state index in [1.165, 1.54) is 12.0 Å².